The molecule has 0 saturated heterocycles. The van der Waals surface area contributed by atoms with E-state index in [1.807, 2.05) is 0 Å². The normalized spacial score (nSPS) is 20.7. The van der Waals surface area contributed by atoms with E-state index in [1.54, 1.807) is 31.3 Å². The standard InChI is InChI=1S/C16H11F2NO4/c1-19-10-5-3-2-4-8(10)14(15(19)21)9-6-12-13(7-11(9)20)23-16(17,18)22-12/h2-7,14,20H,1H3. The van der Waals surface area contributed by atoms with Crippen LogP contribution in [0.15, 0.2) is 36.4 Å². The van der Waals surface area contributed by atoms with Crippen molar-refractivity contribution in [3.63, 3.8) is 0 Å². The van der Waals surface area contributed by atoms with E-state index in [1.165, 1.54) is 11.0 Å². The van der Waals surface area contributed by atoms with Gasteiger partial charge in [-0.2, -0.15) is 0 Å². The number of ether oxygens (including phenoxy) is 2. The van der Waals surface area contributed by atoms with Gasteiger partial charge in [-0.3, -0.25) is 4.79 Å². The summed E-state index contributed by atoms with van der Waals surface area (Å²) in [7, 11) is 1.62. The van der Waals surface area contributed by atoms with Crippen LogP contribution in [0.3, 0.4) is 0 Å². The highest BCUT2D eigenvalue weighted by molar-refractivity contribution is 6.07. The molecule has 0 aliphatic carbocycles. The Labute approximate surface area is 129 Å². The van der Waals surface area contributed by atoms with E-state index in [-0.39, 0.29) is 28.7 Å². The number of phenolic OH excluding ortho intramolecular Hbond substituents is 1. The minimum atomic E-state index is -3.78. The number of benzene rings is 2. The number of rotatable bonds is 1. The molecule has 0 spiro atoms. The van der Waals surface area contributed by atoms with Crippen LogP contribution in [0.2, 0.25) is 0 Å². The SMILES string of the molecule is CN1C(=O)C(c2cc3c(cc2O)OC(F)(F)O3)c2ccccc21. The number of anilines is 1. The van der Waals surface area contributed by atoms with Crippen LogP contribution in [0.1, 0.15) is 17.0 Å². The van der Waals surface area contributed by atoms with Crippen molar-refractivity contribution in [2.75, 3.05) is 11.9 Å². The predicted octanol–water partition coefficient (Wildman–Crippen LogP) is 2.82. The van der Waals surface area contributed by atoms with Gasteiger partial charge in [0.1, 0.15) is 5.75 Å². The van der Waals surface area contributed by atoms with Crippen LogP contribution in [0, 0.1) is 0 Å². The van der Waals surface area contributed by atoms with Crippen LogP contribution in [0.5, 0.6) is 17.2 Å². The molecular weight excluding hydrogens is 308 g/mol. The van der Waals surface area contributed by atoms with Gasteiger partial charge >= 0.3 is 6.29 Å². The molecule has 7 heteroatoms. The molecule has 5 nitrogen and oxygen atoms in total. The second-order valence-corrected chi connectivity index (χ2v) is 5.41. The number of carbonyl (C=O) groups is 1. The van der Waals surface area contributed by atoms with Gasteiger partial charge in [-0.15, -0.1) is 8.78 Å². The Morgan fingerprint density at radius 1 is 1.13 bits per heavy atom. The maximum Gasteiger partial charge on any atom is 0.586 e. The molecule has 1 unspecified atom stereocenters. The minimum Gasteiger partial charge on any atom is -0.507 e. The Bertz CT molecular complexity index is 837. The van der Waals surface area contributed by atoms with E-state index in [9.17, 15) is 18.7 Å². The molecule has 1 amide bonds. The molecule has 118 valence electrons. The highest BCUT2D eigenvalue weighted by Gasteiger charge is 2.45. The molecule has 2 aliphatic heterocycles. The highest BCUT2D eigenvalue weighted by atomic mass is 19.3. The first kappa shape index (κ1) is 13.8. The molecule has 4 rings (SSSR count). The molecule has 23 heavy (non-hydrogen) atoms. The zero-order valence-corrected chi connectivity index (χ0v) is 11.9. The monoisotopic (exact) mass is 319 g/mol. The van der Waals surface area contributed by atoms with Gasteiger partial charge in [0.25, 0.3) is 0 Å². The van der Waals surface area contributed by atoms with E-state index < -0.39 is 12.2 Å². The number of alkyl halides is 2. The van der Waals surface area contributed by atoms with E-state index in [0.29, 0.717) is 11.3 Å². The largest absolute Gasteiger partial charge is 0.586 e. The number of amides is 1. The van der Waals surface area contributed by atoms with Crippen molar-refractivity contribution < 1.29 is 28.2 Å². The number of halogens is 2. The van der Waals surface area contributed by atoms with Gasteiger partial charge in [-0.25, -0.2) is 0 Å². The van der Waals surface area contributed by atoms with Crippen LogP contribution in [0.4, 0.5) is 14.5 Å². The Morgan fingerprint density at radius 2 is 1.78 bits per heavy atom. The van der Waals surface area contributed by atoms with Crippen LogP contribution in [-0.4, -0.2) is 24.4 Å². The van der Waals surface area contributed by atoms with Gasteiger partial charge in [0.15, 0.2) is 11.5 Å². The topological polar surface area (TPSA) is 59.0 Å². The predicted molar refractivity (Wildman–Crippen MR) is 76.0 cm³/mol. The zero-order chi connectivity index (χ0) is 16.4. The summed E-state index contributed by atoms with van der Waals surface area (Å²) in [5.74, 6) is -1.80. The fourth-order valence-electron chi connectivity index (χ4n) is 3.02. The molecule has 0 fully saturated rings. The molecule has 2 aromatic rings. The smallest absolute Gasteiger partial charge is 0.507 e. The number of aromatic hydroxyl groups is 1. The molecule has 1 atom stereocenters. The van der Waals surface area contributed by atoms with Crippen molar-refractivity contribution in [1.29, 1.82) is 0 Å². The fourth-order valence-corrected chi connectivity index (χ4v) is 3.02. The quantitative estimate of drug-likeness (QED) is 0.878. The second kappa shape index (κ2) is 4.34. The van der Waals surface area contributed by atoms with E-state index in [4.69, 9.17) is 0 Å². The lowest BCUT2D eigenvalue weighted by atomic mass is 9.91. The van der Waals surface area contributed by atoms with Crippen molar-refractivity contribution >= 4 is 11.6 Å². The van der Waals surface area contributed by atoms with E-state index in [0.717, 1.165) is 6.07 Å². The summed E-state index contributed by atoms with van der Waals surface area (Å²) < 4.78 is 35.0. The molecule has 0 saturated carbocycles. The number of nitrogens with zero attached hydrogens (tertiary/aromatic N) is 1. The first-order chi connectivity index (χ1) is 10.9. The highest BCUT2D eigenvalue weighted by Crippen LogP contribution is 2.49. The van der Waals surface area contributed by atoms with Gasteiger partial charge in [0.05, 0.1) is 5.92 Å². The number of fused-ring (bicyclic) bond motifs is 2. The third kappa shape index (κ3) is 1.93. The van der Waals surface area contributed by atoms with Gasteiger partial charge in [0, 0.05) is 24.4 Å². The van der Waals surface area contributed by atoms with E-state index in [2.05, 4.69) is 9.47 Å². The van der Waals surface area contributed by atoms with Crippen LogP contribution >= 0.6 is 0 Å². The van der Waals surface area contributed by atoms with E-state index >= 15 is 0 Å². The molecular formula is C16H11F2NO4. The lowest BCUT2D eigenvalue weighted by Crippen LogP contribution is -2.26. The number of likely N-dealkylation sites (N-methyl/N-ethyl adjacent to an activating group) is 1. The van der Waals surface area contributed by atoms with Gasteiger partial charge < -0.3 is 19.5 Å². The first-order valence-corrected chi connectivity index (χ1v) is 6.86. The summed E-state index contributed by atoms with van der Waals surface area (Å²) in [5, 5.41) is 10.2. The molecule has 1 N–H and O–H groups in total. The summed E-state index contributed by atoms with van der Waals surface area (Å²) in [6, 6.07) is 9.39. The number of phenols is 1. The molecule has 0 radical (unpaired) electrons. The maximum absolute atomic E-state index is 13.2. The molecule has 0 bridgehead atoms. The van der Waals surface area contributed by atoms with Crippen LogP contribution in [0.25, 0.3) is 0 Å². The Balaban J connectivity index is 1.85. The third-order valence-corrected chi connectivity index (χ3v) is 4.05. The number of carbonyl (C=O) groups excluding carboxylic acids is 1. The lowest BCUT2D eigenvalue weighted by molar-refractivity contribution is -0.286. The third-order valence-electron chi connectivity index (χ3n) is 4.05. The Hall–Kier alpha value is -2.83. The number of para-hydroxylation sites is 1. The zero-order valence-electron chi connectivity index (χ0n) is 11.9. The molecule has 2 aliphatic rings. The van der Waals surface area contributed by atoms with Crippen molar-refractivity contribution in [2.45, 2.75) is 12.2 Å². The van der Waals surface area contributed by atoms with Crippen molar-refractivity contribution in [3.8, 4) is 17.2 Å². The van der Waals surface area contributed by atoms with Crippen LogP contribution in [-0.2, 0) is 4.79 Å². The fraction of sp³-hybridized carbons (Fsp3) is 0.188. The second-order valence-electron chi connectivity index (χ2n) is 5.41. The summed E-state index contributed by atoms with van der Waals surface area (Å²) in [4.78, 5) is 14.0. The molecule has 0 aromatic heterocycles. The summed E-state index contributed by atoms with van der Waals surface area (Å²) in [5.41, 5.74) is 1.61. The van der Waals surface area contributed by atoms with Gasteiger partial charge in [-0.1, -0.05) is 18.2 Å². The summed E-state index contributed by atoms with van der Waals surface area (Å²) >= 11 is 0. The summed E-state index contributed by atoms with van der Waals surface area (Å²) in [6.07, 6.45) is -3.78. The van der Waals surface area contributed by atoms with Crippen molar-refractivity contribution in [1.82, 2.24) is 0 Å². The van der Waals surface area contributed by atoms with Crippen LogP contribution < -0.4 is 14.4 Å². The van der Waals surface area contributed by atoms with Crippen molar-refractivity contribution in [3.05, 3.63) is 47.5 Å². The van der Waals surface area contributed by atoms with Gasteiger partial charge in [-0.05, 0) is 17.7 Å². The van der Waals surface area contributed by atoms with Crippen molar-refractivity contribution in [2.24, 2.45) is 0 Å². The first-order valence-electron chi connectivity index (χ1n) is 6.86. The molecule has 2 aromatic carbocycles. The van der Waals surface area contributed by atoms with Gasteiger partial charge in [0.2, 0.25) is 5.91 Å². The lowest BCUT2D eigenvalue weighted by Gasteiger charge is -2.13. The average molecular weight is 319 g/mol. The Kier molecular flexibility index (Phi) is 2.61. The number of hydrogen-bond donors (Lipinski definition) is 1. The minimum absolute atomic E-state index is 0.201. The average Bonchev–Trinajstić information content (AvgIpc) is 2.92. The number of hydrogen-bond acceptors (Lipinski definition) is 4. The summed E-state index contributed by atoms with van der Waals surface area (Å²) in [6.45, 7) is 0. The molecule has 2 heterocycles. The Morgan fingerprint density at radius 3 is 2.52 bits per heavy atom. The maximum atomic E-state index is 13.2.